The quantitative estimate of drug-likeness (QED) is 0.438. The number of pyridine rings is 1. The Labute approximate surface area is 116 Å². The molecular formula is C13H15N5O2. The molecule has 2 rings (SSSR count). The zero-order valence-corrected chi connectivity index (χ0v) is 11.0. The minimum atomic E-state index is -0.461. The molecule has 7 heteroatoms. The number of benzene rings is 1. The summed E-state index contributed by atoms with van der Waals surface area (Å²) in [5.74, 6) is 5.30. The van der Waals surface area contributed by atoms with E-state index < -0.39 is 4.92 Å². The van der Waals surface area contributed by atoms with E-state index in [1.165, 1.54) is 0 Å². The maximum Gasteiger partial charge on any atom is 0.316 e. The minimum absolute atomic E-state index is 0.0679. The largest absolute Gasteiger partial charge is 0.375 e. The monoisotopic (exact) mass is 273 g/mol. The number of nitrogens with two attached hydrogens (primary N) is 1. The van der Waals surface area contributed by atoms with Gasteiger partial charge in [-0.1, -0.05) is 6.07 Å². The molecule has 0 unspecified atom stereocenters. The summed E-state index contributed by atoms with van der Waals surface area (Å²) in [6.07, 6.45) is 3.44. The first-order valence-corrected chi connectivity index (χ1v) is 6.01. The number of nitro groups is 1. The van der Waals surface area contributed by atoms with Gasteiger partial charge in [-0.15, -0.1) is 0 Å². The average molecular weight is 273 g/mol. The van der Waals surface area contributed by atoms with Crippen molar-refractivity contribution in [3.63, 3.8) is 0 Å². The molecule has 0 fully saturated rings. The lowest BCUT2D eigenvalue weighted by molar-refractivity contribution is -0.383. The van der Waals surface area contributed by atoms with Crippen LogP contribution in [-0.4, -0.2) is 9.91 Å². The third-order valence-corrected chi connectivity index (χ3v) is 2.98. The van der Waals surface area contributed by atoms with Crippen molar-refractivity contribution in [1.82, 2.24) is 4.98 Å². The number of nitrogens with one attached hydrogen (secondary N) is 2. The van der Waals surface area contributed by atoms with E-state index in [4.69, 9.17) is 5.84 Å². The van der Waals surface area contributed by atoms with Crippen LogP contribution < -0.4 is 16.6 Å². The molecule has 1 heterocycles. The Balaban J connectivity index is 2.26. The molecule has 0 amide bonds. The molecule has 0 aliphatic heterocycles. The number of aromatic nitrogens is 1. The first-order valence-electron chi connectivity index (χ1n) is 6.01. The molecule has 104 valence electrons. The highest BCUT2D eigenvalue weighted by Crippen LogP contribution is 2.32. The Morgan fingerprint density at radius 1 is 1.35 bits per heavy atom. The Bertz CT molecular complexity index is 630. The highest BCUT2D eigenvalue weighted by molar-refractivity contribution is 5.75. The lowest BCUT2D eigenvalue weighted by atomic mass is 10.1. The van der Waals surface area contributed by atoms with Gasteiger partial charge in [0, 0.05) is 18.9 Å². The van der Waals surface area contributed by atoms with Gasteiger partial charge in [0.2, 0.25) is 0 Å². The smallest absolute Gasteiger partial charge is 0.316 e. The van der Waals surface area contributed by atoms with Crippen molar-refractivity contribution in [3.05, 3.63) is 57.9 Å². The summed E-state index contributed by atoms with van der Waals surface area (Å²) in [7, 11) is 0. The molecule has 2 aromatic rings. The second kappa shape index (κ2) is 5.98. The molecule has 0 saturated carbocycles. The van der Waals surface area contributed by atoms with Crippen molar-refractivity contribution in [2.75, 3.05) is 10.7 Å². The van der Waals surface area contributed by atoms with Gasteiger partial charge >= 0.3 is 5.69 Å². The number of rotatable bonds is 5. The van der Waals surface area contributed by atoms with Crippen LogP contribution in [0.15, 0.2) is 36.7 Å². The van der Waals surface area contributed by atoms with Gasteiger partial charge in [0.25, 0.3) is 0 Å². The molecule has 0 spiro atoms. The molecule has 0 radical (unpaired) electrons. The van der Waals surface area contributed by atoms with Gasteiger partial charge in [-0.25, -0.2) is 0 Å². The highest BCUT2D eigenvalue weighted by Gasteiger charge is 2.18. The summed E-state index contributed by atoms with van der Waals surface area (Å²) in [4.78, 5) is 14.7. The van der Waals surface area contributed by atoms with Crippen LogP contribution in [0.3, 0.4) is 0 Å². The third kappa shape index (κ3) is 2.83. The number of hydrazine groups is 1. The van der Waals surface area contributed by atoms with Gasteiger partial charge in [-0.3, -0.25) is 20.9 Å². The van der Waals surface area contributed by atoms with E-state index in [-0.39, 0.29) is 11.4 Å². The van der Waals surface area contributed by atoms with E-state index in [0.717, 1.165) is 11.1 Å². The van der Waals surface area contributed by atoms with Gasteiger partial charge in [0.05, 0.1) is 4.92 Å². The van der Waals surface area contributed by atoms with Gasteiger partial charge in [0.15, 0.2) is 0 Å². The Morgan fingerprint density at radius 3 is 2.75 bits per heavy atom. The van der Waals surface area contributed by atoms with Crippen LogP contribution in [0.5, 0.6) is 0 Å². The fraction of sp³-hybridized carbons (Fsp3) is 0.154. The molecule has 0 bridgehead atoms. The van der Waals surface area contributed by atoms with Crippen LogP contribution in [0.4, 0.5) is 17.1 Å². The van der Waals surface area contributed by atoms with Gasteiger partial charge in [0.1, 0.15) is 11.4 Å². The molecule has 0 aliphatic rings. The van der Waals surface area contributed by atoms with Crippen molar-refractivity contribution < 1.29 is 4.92 Å². The number of para-hydroxylation sites is 1. The zero-order chi connectivity index (χ0) is 14.5. The molecule has 0 saturated heterocycles. The van der Waals surface area contributed by atoms with Crippen LogP contribution in [0.25, 0.3) is 0 Å². The fourth-order valence-electron chi connectivity index (χ4n) is 1.89. The lowest BCUT2D eigenvalue weighted by Gasteiger charge is -2.11. The fourth-order valence-corrected chi connectivity index (χ4v) is 1.89. The van der Waals surface area contributed by atoms with Crippen LogP contribution in [0.1, 0.15) is 11.1 Å². The number of nitrogen functional groups attached to an aromatic ring is 1. The van der Waals surface area contributed by atoms with E-state index in [1.54, 1.807) is 30.6 Å². The van der Waals surface area contributed by atoms with Crippen molar-refractivity contribution in [3.8, 4) is 0 Å². The summed E-state index contributed by atoms with van der Waals surface area (Å²) >= 11 is 0. The summed E-state index contributed by atoms with van der Waals surface area (Å²) in [5, 5.41) is 14.2. The molecule has 1 aromatic heterocycles. The van der Waals surface area contributed by atoms with Crippen molar-refractivity contribution >= 4 is 17.1 Å². The van der Waals surface area contributed by atoms with Gasteiger partial charge in [-0.2, -0.15) is 0 Å². The molecule has 7 nitrogen and oxygen atoms in total. The Hall–Kier alpha value is -2.67. The van der Waals surface area contributed by atoms with E-state index in [0.29, 0.717) is 12.2 Å². The Kier molecular flexibility index (Phi) is 4.11. The highest BCUT2D eigenvalue weighted by atomic mass is 16.6. The molecule has 20 heavy (non-hydrogen) atoms. The van der Waals surface area contributed by atoms with Crippen molar-refractivity contribution in [2.45, 2.75) is 13.5 Å². The maximum absolute atomic E-state index is 11.1. The number of hydrogen-bond donors (Lipinski definition) is 3. The predicted molar refractivity (Wildman–Crippen MR) is 77.2 cm³/mol. The molecule has 1 aromatic carbocycles. The summed E-state index contributed by atoms with van der Waals surface area (Å²) < 4.78 is 0. The number of nitro benzene ring substituents is 1. The SMILES string of the molecule is Cc1cnccc1CNc1cccc(NN)c1[N+](=O)[O-]. The van der Waals surface area contributed by atoms with E-state index in [2.05, 4.69) is 15.7 Å². The van der Waals surface area contributed by atoms with Crippen LogP contribution in [0, 0.1) is 17.0 Å². The topological polar surface area (TPSA) is 106 Å². The van der Waals surface area contributed by atoms with E-state index >= 15 is 0 Å². The summed E-state index contributed by atoms with van der Waals surface area (Å²) in [5.41, 5.74) is 5.01. The standard InChI is InChI=1S/C13H15N5O2/c1-9-7-15-6-5-10(9)8-16-11-3-2-4-12(17-14)13(11)18(19)20/h2-7,16-17H,8,14H2,1H3. The molecule has 0 aliphatic carbocycles. The third-order valence-electron chi connectivity index (χ3n) is 2.98. The van der Waals surface area contributed by atoms with E-state index in [9.17, 15) is 10.1 Å². The second-order valence-corrected chi connectivity index (χ2v) is 4.26. The average Bonchev–Trinajstić information content (AvgIpc) is 2.45. The van der Waals surface area contributed by atoms with Gasteiger partial charge in [-0.05, 0) is 36.2 Å². The number of aryl methyl sites for hydroxylation is 1. The molecule has 4 N–H and O–H groups in total. The van der Waals surface area contributed by atoms with Crippen LogP contribution >= 0.6 is 0 Å². The van der Waals surface area contributed by atoms with E-state index in [1.807, 2.05) is 13.0 Å². The number of anilines is 2. The van der Waals surface area contributed by atoms with Crippen molar-refractivity contribution in [2.24, 2.45) is 5.84 Å². The summed E-state index contributed by atoms with van der Waals surface area (Å²) in [6.45, 7) is 2.42. The van der Waals surface area contributed by atoms with Crippen LogP contribution in [-0.2, 0) is 6.54 Å². The predicted octanol–water partition coefficient (Wildman–Crippen LogP) is 2.20. The minimum Gasteiger partial charge on any atom is -0.375 e. The van der Waals surface area contributed by atoms with Gasteiger partial charge < -0.3 is 10.7 Å². The number of nitrogens with zero attached hydrogens (tertiary/aromatic N) is 2. The first-order chi connectivity index (χ1) is 9.63. The first kappa shape index (κ1) is 13.8. The Morgan fingerprint density at radius 2 is 2.10 bits per heavy atom. The maximum atomic E-state index is 11.1. The summed E-state index contributed by atoms with van der Waals surface area (Å²) in [6, 6.07) is 6.78. The normalized spacial score (nSPS) is 10.1. The van der Waals surface area contributed by atoms with Crippen molar-refractivity contribution in [1.29, 1.82) is 0 Å². The number of hydrogen-bond acceptors (Lipinski definition) is 6. The second-order valence-electron chi connectivity index (χ2n) is 4.26. The van der Waals surface area contributed by atoms with Crippen LogP contribution in [0.2, 0.25) is 0 Å². The lowest BCUT2D eigenvalue weighted by Crippen LogP contribution is -2.11. The molecular weight excluding hydrogens is 258 g/mol. The zero-order valence-electron chi connectivity index (χ0n) is 11.0. The molecule has 0 atom stereocenters.